The van der Waals surface area contributed by atoms with Crippen LogP contribution in [0.4, 0.5) is 5.69 Å². The number of non-ortho nitro benzene ring substituents is 1. The minimum absolute atomic E-state index is 0.0328. The van der Waals surface area contributed by atoms with Crippen molar-refractivity contribution in [3.63, 3.8) is 0 Å². The van der Waals surface area contributed by atoms with Gasteiger partial charge in [-0.2, -0.15) is 0 Å². The molecule has 3 aromatic rings. The molecule has 6 rings (SSSR count). The minimum atomic E-state index is -0.856. The quantitative estimate of drug-likeness (QED) is 0.264. The molecule has 0 aromatic heterocycles. The summed E-state index contributed by atoms with van der Waals surface area (Å²) in [5.74, 6) is 0.406. The van der Waals surface area contributed by atoms with E-state index in [1.807, 2.05) is 48.5 Å². The van der Waals surface area contributed by atoms with Gasteiger partial charge in [0.1, 0.15) is 24.1 Å². The van der Waals surface area contributed by atoms with Crippen LogP contribution in [0.2, 0.25) is 0 Å². The number of rotatable bonds is 7. The van der Waals surface area contributed by atoms with E-state index in [1.165, 1.54) is 24.3 Å². The third kappa shape index (κ3) is 5.15. The Bertz CT molecular complexity index is 1350. The lowest BCUT2D eigenvalue weighted by Gasteiger charge is -2.46. The van der Waals surface area contributed by atoms with Gasteiger partial charge in [0.15, 0.2) is 0 Å². The Kier molecular flexibility index (Phi) is 7.07. The van der Waals surface area contributed by atoms with Crippen LogP contribution in [0.25, 0.3) is 12.2 Å². The van der Waals surface area contributed by atoms with Gasteiger partial charge in [-0.25, -0.2) is 0 Å². The molecule has 3 aliphatic heterocycles. The molecule has 0 N–H and O–H groups in total. The number of benzene rings is 3. The number of nitrogens with zero attached hydrogens (tertiary/aromatic N) is 1. The van der Waals surface area contributed by atoms with E-state index < -0.39 is 49.9 Å². The Morgan fingerprint density at radius 3 is 1.95 bits per heavy atom. The lowest BCUT2D eigenvalue weighted by molar-refractivity contribution is -0.384. The lowest BCUT2D eigenvalue weighted by atomic mass is 9.76. The lowest BCUT2D eigenvalue weighted by Crippen LogP contribution is -2.65. The van der Waals surface area contributed by atoms with Gasteiger partial charge in [-0.3, -0.25) is 10.1 Å². The number of nitro benzene ring substituents is 1. The van der Waals surface area contributed by atoms with Crippen molar-refractivity contribution in [3.05, 3.63) is 107 Å². The molecule has 0 spiro atoms. The van der Waals surface area contributed by atoms with Gasteiger partial charge in [-0.15, -0.1) is 0 Å². The van der Waals surface area contributed by atoms with Crippen LogP contribution < -0.4 is 15.7 Å². The first kappa shape index (κ1) is 25.5. The van der Waals surface area contributed by atoms with E-state index in [0.717, 1.165) is 22.1 Å². The number of ether oxygens (including phenoxy) is 2. The molecule has 3 aliphatic rings. The van der Waals surface area contributed by atoms with Gasteiger partial charge in [0, 0.05) is 12.1 Å². The molecule has 39 heavy (non-hydrogen) atoms. The zero-order valence-electron chi connectivity index (χ0n) is 21.0. The maximum Gasteiger partial charge on any atom is 0.494 e. The van der Waals surface area contributed by atoms with Crippen molar-refractivity contribution in [2.24, 2.45) is 0 Å². The maximum absolute atomic E-state index is 11.0. The summed E-state index contributed by atoms with van der Waals surface area (Å²) in [5, 5.41) is 11.0. The molecule has 0 saturated carbocycles. The first-order chi connectivity index (χ1) is 19.0. The smallest absolute Gasteiger partial charge is 0.462 e. The van der Waals surface area contributed by atoms with Crippen molar-refractivity contribution in [2.45, 2.75) is 30.7 Å². The highest BCUT2D eigenvalue weighted by Crippen LogP contribution is 2.36. The highest BCUT2D eigenvalue weighted by atomic mass is 16.8. The summed E-state index contributed by atoms with van der Waals surface area (Å²) in [6.07, 6.45) is 0.570. The van der Waals surface area contributed by atoms with Gasteiger partial charge in [0.25, 0.3) is 5.69 Å². The van der Waals surface area contributed by atoms with E-state index in [0.29, 0.717) is 5.75 Å². The fourth-order valence-electron chi connectivity index (χ4n) is 4.94. The van der Waals surface area contributed by atoms with Crippen molar-refractivity contribution in [1.82, 2.24) is 0 Å². The van der Waals surface area contributed by atoms with Crippen LogP contribution >= 0.6 is 0 Å². The largest absolute Gasteiger partial charge is 0.494 e. The SMILES string of the molecule is C=Cc1ccc(B2O[C@@H]3[C@H](O2)[C@@H](Oc2ccc([N+](=O)[O-])cc2)O[C@@H]2COB(c4ccc(C=C)cc4)O[C@@H]32)cc1. The Morgan fingerprint density at radius 2 is 1.36 bits per heavy atom. The summed E-state index contributed by atoms with van der Waals surface area (Å²) >= 11 is 0. The highest BCUT2D eigenvalue weighted by molar-refractivity contribution is 6.62. The molecule has 9 nitrogen and oxygen atoms in total. The van der Waals surface area contributed by atoms with Gasteiger partial charge in [0.2, 0.25) is 6.29 Å². The second-order valence-electron chi connectivity index (χ2n) is 9.45. The zero-order valence-corrected chi connectivity index (χ0v) is 21.0. The van der Waals surface area contributed by atoms with Gasteiger partial charge in [-0.1, -0.05) is 73.8 Å². The van der Waals surface area contributed by atoms with Crippen LogP contribution in [0.5, 0.6) is 5.75 Å². The molecule has 3 heterocycles. The summed E-state index contributed by atoms with van der Waals surface area (Å²) < 4.78 is 37.6. The molecular formula is C28H25B2NO8. The van der Waals surface area contributed by atoms with E-state index in [1.54, 1.807) is 12.2 Å². The Hall–Kier alpha value is -3.73. The van der Waals surface area contributed by atoms with Crippen molar-refractivity contribution in [1.29, 1.82) is 0 Å². The Labute approximate surface area is 226 Å². The molecule has 3 aromatic carbocycles. The van der Waals surface area contributed by atoms with Crippen molar-refractivity contribution < 1.29 is 33.0 Å². The van der Waals surface area contributed by atoms with Gasteiger partial charge in [-0.05, 0) is 34.2 Å². The van der Waals surface area contributed by atoms with Crippen LogP contribution in [0, 0.1) is 10.1 Å². The number of hydrogen-bond donors (Lipinski definition) is 0. The summed E-state index contributed by atoms with van der Waals surface area (Å²) in [6, 6.07) is 21.3. The minimum Gasteiger partial charge on any atom is -0.462 e. The molecule has 0 aliphatic carbocycles. The van der Waals surface area contributed by atoms with E-state index in [2.05, 4.69) is 13.2 Å². The molecular weight excluding hydrogens is 500 g/mol. The van der Waals surface area contributed by atoms with Crippen LogP contribution in [-0.4, -0.2) is 56.5 Å². The molecule has 0 unspecified atom stereocenters. The summed E-state index contributed by atoms with van der Waals surface area (Å²) in [6.45, 7) is 7.85. The van der Waals surface area contributed by atoms with Crippen LogP contribution in [0.3, 0.4) is 0 Å². The topological polar surface area (TPSA) is 98.5 Å². The average molecular weight is 525 g/mol. The van der Waals surface area contributed by atoms with Gasteiger partial charge in [0.05, 0.1) is 17.6 Å². The third-order valence-corrected chi connectivity index (χ3v) is 7.03. The molecule has 3 saturated heterocycles. The average Bonchev–Trinajstić information content (AvgIpc) is 3.44. The second-order valence-corrected chi connectivity index (χ2v) is 9.45. The normalized spacial score (nSPS) is 25.9. The third-order valence-electron chi connectivity index (χ3n) is 7.03. The molecule has 0 amide bonds. The number of hydrogen-bond acceptors (Lipinski definition) is 8. The molecule has 0 bridgehead atoms. The van der Waals surface area contributed by atoms with Crippen LogP contribution in [0.15, 0.2) is 86.0 Å². The fraction of sp³-hybridized carbons (Fsp3) is 0.214. The maximum atomic E-state index is 11.0. The molecule has 0 radical (unpaired) electrons. The van der Waals surface area contributed by atoms with Crippen molar-refractivity contribution in [3.8, 4) is 5.75 Å². The van der Waals surface area contributed by atoms with E-state index in [9.17, 15) is 10.1 Å². The van der Waals surface area contributed by atoms with Crippen LogP contribution in [0.1, 0.15) is 11.1 Å². The van der Waals surface area contributed by atoms with Crippen LogP contribution in [-0.2, 0) is 23.4 Å². The molecule has 196 valence electrons. The number of nitro groups is 1. The predicted octanol–water partition coefficient (Wildman–Crippen LogP) is 2.97. The fourth-order valence-corrected chi connectivity index (χ4v) is 4.94. The second kappa shape index (κ2) is 10.8. The van der Waals surface area contributed by atoms with Crippen molar-refractivity contribution in [2.75, 3.05) is 6.61 Å². The standard InChI is InChI=1S/C28H25B2NO8/c1-3-18-5-9-20(10-6-18)29-34-17-24-25(37-29)26-27(39-30(38-26)21-11-7-19(4-2)8-12-21)28(36-24)35-23-15-13-22(14-16-23)31(32)33/h3-16,24-28H,1-2,17H2/t24-,25-,26+,27+,28+/m1/s1. The monoisotopic (exact) mass is 525 g/mol. The van der Waals surface area contributed by atoms with Gasteiger partial charge < -0.3 is 28.1 Å². The molecule has 11 heteroatoms. The zero-order chi connectivity index (χ0) is 26.9. The Balaban J connectivity index is 1.25. The van der Waals surface area contributed by atoms with E-state index in [-0.39, 0.29) is 12.3 Å². The predicted molar refractivity (Wildman–Crippen MR) is 147 cm³/mol. The molecule has 3 fully saturated rings. The first-order valence-corrected chi connectivity index (χ1v) is 12.6. The summed E-state index contributed by atoms with van der Waals surface area (Å²) in [5.41, 5.74) is 3.65. The van der Waals surface area contributed by atoms with Gasteiger partial charge >= 0.3 is 14.2 Å². The van der Waals surface area contributed by atoms with E-state index in [4.69, 9.17) is 28.1 Å². The van der Waals surface area contributed by atoms with Crippen molar-refractivity contribution >= 4 is 43.0 Å². The first-order valence-electron chi connectivity index (χ1n) is 12.6. The molecule has 5 atom stereocenters. The number of fused-ring (bicyclic) bond motifs is 3. The Morgan fingerprint density at radius 1 is 0.795 bits per heavy atom. The highest BCUT2D eigenvalue weighted by Gasteiger charge is 2.58. The van der Waals surface area contributed by atoms with E-state index >= 15 is 0 Å². The summed E-state index contributed by atoms with van der Waals surface area (Å²) in [7, 11) is -1.27. The summed E-state index contributed by atoms with van der Waals surface area (Å²) in [4.78, 5) is 10.6.